The lowest BCUT2D eigenvalue weighted by atomic mass is 10.1. The lowest BCUT2D eigenvalue weighted by molar-refractivity contribution is 0.0467. The molecule has 0 heterocycles. The van der Waals surface area contributed by atoms with Gasteiger partial charge in [-0.15, -0.1) is 0 Å². The van der Waals surface area contributed by atoms with E-state index < -0.39 is 23.2 Å². The summed E-state index contributed by atoms with van der Waals surface area (Å²) in [5, 5.41) is 0.437. The van der Waals surface area contributed by atoms with E-state index >= 15 is 0 Å². The lowest BCUT2D eigenvalue weighted by Gasteiger charge is -2.08. The summed E-state index contributed by atoms with van der Waals surface area (Å²) < 4.78 is 31.8. The number of halogens is 3. The molecule has 0 amide bonds. The fourth-order valence-electron chi connectivity index (χ4n) is 1.71. The molecule has 6 heteroatoms. The molecule has 0 spiro atoms. The van der Waals surface area contributed by atoms with E-state index in [1.165, 1.54) is 0 Å². The Hall–Kier alpha value is -2.14. The van der Waals surface area contributed by atoms with Crippen LogP contribution >= 0.6 is 11.6 Å². The monoisotopic (exact) mass is 311 g/mol. The number of esters is 1. The van der Waals surface area contributed by atoms with E-state index in [1.807, 2.05) is 6.92 Å². The third-order valence-corrected chi connectivity index (χ3v) is 3.23. The van der Waals surface area contributed by atoms with Crippen LogP contribution < -0.4 is 5.73 Å². The first kappa shape index (κ1) is 15.3. The van der Waals surface area contributed by atoms with Gasteiger partial charge in [0.15, 0.2) is 0 Å². The van der Waals surface area contributed by atoms with E-state index in [0.717, 1.165) is 11.6 Å². The number of benzene rings is 2. The number of nitrogens with two attached hydrogens (primary N) is 1. The number of carbonyl (C=O) groups is 1. The Morgan fingerprint density at radius 2 is 1.95 bits per heavy atom. The van der Waals surface area contributed by atoms with Gasteiger partial charge in [-0.25, -0.2) is 13.6 Å². The van der Waals surface area contributed by atoms with E-state index in [9.17, 15) is 13.6 Å². The molecule has 2 rings (SSSR count). The quantitative estimate of drug-likeness (QED) is 0.691. The van der Waals surface area contributed by atoms with Gasteiger partial charge in [-0.3, -0.25) is 0 Å². The van der Waals surface area contributed by atoms with E-state index in [4.69, 9.17) is 22.1 Å². The Morgan fingerprint density at radius 1 is 1.24 bits per heavy atom. The minimum atomic E-state index is -0.983. The van der Waals surface area contributed by atoms with Gasteiger partial charge in [0, 0.05) is 16.7 Å². The van der Waals surface area contributed by atoms with E-state index in [2.05, 4.69) is 0 Å². The highest BCUT2D eigenvalue weighted by atomic mass is 35.5. The zero-order valence-electron chi connectivity index (χ0n) is 11.1. The second-order valence-corrected chi connectivity index (χ2v) is 4.93. The van der Waals surface area contributed by atoms with Gasteiger partial charge < -0.3 is 10.5 Å². The molecule has 0 unspecified atom stereocenters. The van der Waals surface area contributed by atoms with Crippen LogP contribution in [-0.4, -0.2) is 5.97 Å². The maximum atomic E-state index is 13.6. The number of rotatable bonds is 3. The van der Waals surface area contributed by atoms with Gasteiger partial charge in [0.25, 0.3) is 0 Å². The van der Waals surface area contributed by atoms with Crippen molar-refractivity contribution in [1.82, 2.24) is 0 Å². The topological polar surface area (TPSA) is 52.3 Å². The Kier molecular flexibility index (Phi) is 4.43. The van der Waals surface area contributed by atoms with Crippen LogP contribution in [0.3, 0.4) is 0 Å². The van der Waals surface area contributed by atoms with Crippen molar-refractivity contribution in [2.75, 3.05) is 5.73 Å². The standard InChI is InChI=1S/C15H12ClF2NO2/c1-8-2-3-9(11(16)4-8)7-21-15(20)10-5-13(18)14(19)6-12(10)17/h2-6H,7,19H2,1H3. The summed E-state index contributed by atoms with van der Waals surface area (Å²) in [6, 6.07) is 6.67. The van der Waals surface area contributed by atoms with Crippen molar-refractivity contribution in [3.05, 3.63) is 63.7 Å². The molecule has 21 heavy (non-hydrogen) atoms. The molecule has 2 aromatic rings. The number of hydrogen-bond donors (Lipinski definition) is 1. The summed E-state index contributed by atoms with van der Waals surface area (Å²) in [6.07, 6.45) is 0. The zero-order valence-corrected chi connectivity index (χ0v) is 11.9. The largest absolute Gasteiger partial charge is 0.457 e. The molecule has 0 aliphatic carbocycles. The highest BCUT2D eigenvalue weighted by molar-refractivity contribution is 6.31. The first-order valence-electron chi connectivity index (χ1n) is 6.05. The molecule has 3 nitrogen and oxygen atoms in total. The number of anilines is 1. The Morgan fingerprint density at radius 3 is 2.62 bits per heavy atom. The maximum absolute atomic E-state index is 13.6. The second kappa shape index (κ2) is 6.10. The molecular weight excluding hydrogens is 300 g/mol. The molecule has 0 aliphatic rings. The van der Waals surface area contributed by atoms with Crippen LogP contribution in [0, 0.1) is 18.6 Å². The van der Waals surface area contributed by atoms with E-state index in [0.29, 0.717) is 16.7 Å². The van der Waals surface area contributed by atoms with Gasteiger partial charge in [0.2, 0.25) is 0 Å². The third-order valence-electron chi connectivity index (χ3n) is 2.87. The average molecular weight is 312 g/mol. The molecular formula is C15H12ClF2NO2. The van der Waals surface area contributed by atoms with Gasteiger partial charge in [-0.05, 0) is 24.6 Å². The first-order valence-corrected chi connectivity index (χ1v) is 6.43. The SMILES string of the molecule is Cc1ccc(COC(=O)c2cc(F)c(N)cc2F)c(Cl)c1. The van der Waals surface area contributed by atoms with Crippen LogP contribution in [0.1, 0.15) is 21.5 Å². The predicted molar refractivity (Wildman–Crippen MR) is 76.1 cm³/mol. The van der Waals surface area contributed by atoms with Crippen molar-refractivity contribution < 1.29 is 18.3 Å². The third kappa shape index (κ3) is 3.49. The van der Waals surface area contributed by atoms with Gasteiger partial charge in [0.05, 0.1) is 11.3 Å². The summed E-state index contributed by atoms with van der Waals surface area (Å²) in [4.78, 5) is 11.8. The molecule has 0 aromatic heterocycles. The Bertz CT molecular complexity index is 704. The Balaban J connectivity index is 2.13. The Labute approximate surface area is 125 Å². The molecule has 0 atom stereocenters. The van der Waals surface area contributed by atoms with Crippen LogP contribution in [0.4, 0.5) is 14.5 Å². The van der Waals surface area contributed by atoms with E-state index in [-0.39, 0.29) is 12.3 Å². The molecule has 0 fully saturated rings. The number of aryl methyl sites for hydroxylation is 1. The molecule has 0 radical (unpaired) electrons. The predicted octanol–water partition coefficient (Wildman–Crippen LogP) is 3.87. The summed E-state index contributed by atoms with van der Waals surface area (Å²) in [6.45, 7) is 1.73. The van der Waals surface area contributed by atoms with Crippen molar-refractivity contribution in [1.29, 1.82) is 0 Å². The van der Waals surface area contributed by atoms with Crippen molar-refractivity contribution >= 4 is 23.3 Å². The minimum absolute atomic E-state index is 0.136. The van der Waals surface area contributed by atoms with Crippen LogP contribution in [0.5, 0.6) is 0 Å². The molecule has 0 aliphatic heterocycles. The summed E-state index contributed by atoms with van der Waals surface area (Å²) in [7, 11) is 0. The summed E-state index contributed by atoms with van der Waals surface area (Å²) in [5.74, 6) is -2.80. The van der Waals surface area contributed by atoms with Gasteiger partial charge in [-0.2, -0.15) is 0 Å². The number of ether oxygens (including phenoxy) is 1. The van der Waals surface area contributed by atoms with Crippen LogP contribution in [0.15, 0.2) is 30.3 Å². The van der Waals surface area contributed by atoms with Gasteiger partial charge >= 0.3 is 5.97 Å². The van der Waals surface area contributed by atoms with E-state index in [1.54, 1.807) is 18.2 Å². The molecule has 2 N–H and O–H groups in total. The minimum Gasteiger partial charge on any atom is -0.457 e. The van der Waals surface area contributed by atoms with Crippen molar-refractivity contribution in [3.8, 4) is 0 Å². The fraction of sp³-hybridized carbons (Fsp3) is 0.133. The van der Waals surface area contributed by atoms with Gasteiger partial charge in [-0.1, -0.05) is 23.7 Å². The lowest BCUT2D eigenvalue weighted by Crippen LogP contribution is -2.09. The normalized spacial score (nSPS) is 10.5. The zero-order chi connectivity index (χ0) is 15.6. The first-order chi connectivity index (χ1) is 9.88. The smallest absolute Gasteiger partial charge is 0.341 e. The number of hydrogen-bond acceptors (Lipinski definition) is 3. The number of nitrogen functional groups attached to an aromatic ring is 1. The second-order valence-electron chi connectivity index (χ2n) is 4.52. The highest BCUT2D eigenvalue weighted by Crippen LogP contribution is 2.21. The molecule has 0 bridgehead atoms. The van der Waals surface area contributed by atoms with Crippen molar-refractivity contribution in [2.24, 2.45) is 0 Å². The average Bonchev–Trinajstić information content (AvgIpc) is 2.41. The van der Waals surface area contributed by atoms with Crippen molar-refractivity contribution in [2.45, 2.75) is 13.5 Å². The summed E-state index contributed by atoms with van der Waals surface area (Å²) in [5.41, 5.74) is 5.86. The molecule has 0 saturated carbocycles. The fourth-order valence-corrected chi connectivity index (χ4v) is 2.00. The molecule has 110 valence electrons. The van der Waals surface area contributed by atoms with Crippen LogP contribution in [0.25, 0.3) is 0 Å². The summed E-state index contributed by atoms with van der Waals surface area (Å²) >= 11 is 5.99. The molecule has 2 aromatic carbocycles. The van der Waals surface area contributed by atoms with Crippen molar-refractivity contribution in [3.63, 3.8) is 0 Å². The van der Waals surface area contributed by atoms with Gasteiger partial charge in [0.1, 0.15) is 18.2 Å². The number of carbonyl (C=O) groups excluding carboxylic acids is 1. The maximum Gasteiger partial charge on any atom is 0.341 e. The highest BCUT2D eigenvalue weighted by Gasteiger charge is 2.17. The molecule has 0 saturated heterocycles. The van der Waals surface area contributed by atoms with Crippen LogP contribution in [-0.2, 0) is 11.3 Å². The van der Waals surface area contributed by atoms with Crippen LogP contribution in [0.2, 0.25) is 5.02 Å².